The fourth-order valence-corrected chi connectivity index (χ4v) is 8.89. The van der Waals surface area contributed by atoms with Crippen molar-refractivity contribution >= 4 is 11.9 Å². The minimum absolute atomic E-state index is 0.108. The summed E-state index contributed by atoms with van der Waals surface area (Å²) < 4.78 is 50.2. The highest BCUT2D eigenvalue weighted by Crippen LogP contribution is 2.43. The molecule has 10 heteroatoms. The Morgan fingerprint density at radius 3 is 1.10 bits per heavy atom. The van der Waals surface area contributed by atoms with Crippen LogP contribution in [0.15, 0.2) is 84.9 Å². The van der Waals surface area contributed by atoms with Crippen LogP contribution in [-0.4, -0.2) is 85.2 Å². The number of benzene rings is 3. The molecule has 406 valence electrons. The number of esters is 2. The van der Waals surface area contributed by atoms with Gasteiger partial charge in [0.15, 0.2) is 0 Å². The van der Waals surface area contributed by atoms with E-state index < -0.39 is 22.4 Å². The molecule has 0 saturated heterocycles. The second-order valence-corrected chi connectivity index (χ2v) is 24.5. The Labute approximate surface area is 437 Å². The first kappa shape index (κ1) is 62.3. The number of carbonyl (C=O) groups is 2. The molecule has 0 spiro atoms. The number of carbonyl (C=O) groups excluding carboxylic acids is 2. The largest absolute Gasteiger partial charge is 0.493 e. The number of hydrogen-bond donors (Lipinski definition) is 0. The molecule has 0 radical (unpaired) electrons. The Morgan fingerprint density at radius 1 is 0.417 bits per heavy atom. The summed E-state index contributed by atoms with van der Waals surface area (Å²) in [5.74, 6) is 0.720. The number of ether oxygens (including phenoxy) is 8. The number of unbranched alkanes of at least 4 members (excludes halogenated alkanes) is 2. The zero-order chi connectivity index (χ0) is 54.1. The molecule has 0 heterocycles. The summed E-state index contributed by atoms with van der Waals surface area (Å²) in [5, 5.41) is 0. The standard InChI is InChI=1S/C62H98O10/c1-47(63)71-59(11,12)53(49-30-21-19-22-31-49)45-69-61(15,16)55(3,4)36-25-27-40-67-57(7,8)38-42-65-51-34-29-35-52(44-51)66-43-39-58(9,10)68-41-28-26-37-56(5,6)62(17,18)70-46-54(50-32-23-20-24-33-50)60(13,14)72-48(2)64/h19-24,29-35,44,53-54H,25-28,36-43,45-46H2,1-18H3. The molecule has 72 heavy (non-hydrogen) atoms. The van der Waals surface area contributed by atoms with E-state index in [0.717, 1.165) is 74.0 Å². The van der Waals surface area contributed by atoms with Gasteiger partial charge in [0.25, 0.3) is 0 Å². The topological polar surface area (TPSA) is 108 Å². The van der Waals surface area contributed by atoms with Crippen LogP contribution in [0, 0.1) is 10.8 Å². The van der Waals surface area contributed by atoms with Crippen molar-refractivity contribution in [2.24, 2.45) is 10.8 Å². The zero-order valence-electron chi connectivity index (χ0n) is 48.2. The molecule has 0 aliphatic heterocycles. The fraction of sp³-hybridized carbons (Fsp3) is 0.677. The Bertz CT molecular complexity index is 1910. The quantitative estimate of drug-likeness (QED) is 0.0424. The minimum atomic E-state index is -0.724. The van der Waals surface area contributed by atoms with Crippen molar-refractivity contribution in [2.75, 3.05) is 39.6 Å². The van der Waals surface area contributed by atoms with Gasteiger partial charge in [-0.15, -0.1) is 0 Å². The predicted octanol–water partition coefficient (Wildman–Crippen LogP) is 15.0. The van der Waals surface area contributed by atoms with Crippen LogP contribution in [0.1, 0.15) is 199 Å². The second-order valence-electron chi connectivity index (χ2n) is 24.5. The van der Waals surface area contributed by atoms with Crippen molar-refractivity contribution in [1.82, 2.24) is 0 Å². The zero-order valence-corrected chi connectivity index (χ0v) is 48.2. The van der Waals surface area contributed by atoms with Crippen molar-refractivity contribution in [3.8, 4) is 11.5 Å². The molecule has 0 aliphatic rings. The smallest absolute Gasteiger partial charge is 0.303 e. The van der Waals surface area contributed by atoms with Gasteiger partial charge in [0.05, 0.1) is 48.8 Å². The van der Waals surface area contributed by atoms with E-state index in [0.29, 0.717) is 39.6 Å². The first-order valence-corrected chi connectivity index (χ1v) is 26.7. The third kappa shape index (κ3) is 20.7. The van der Waals surface area contributed by atoms with Gasteiger partial charge in [-0.2, -0.15) is 0 Å². The van der Waals surface area contributed by atoms with Gasteiger partial charge in [-0.25, -0.2) is 0 Å². The third-order valence-corrected chi connectivity index (χ3v) is 15.5. The Balaban J connectivity index is 1.36. The Kier molecular flexibility index (Phi) is 23.4. The highest BCUT2D eigenvalue weighted by molar-refractivity contribution is 5.67. The lowest BCUT2D eigenvalue weighted by Gasteiger charge is -2.44. The number of rotatable bonds is 34. The summed E-state index contributed by atoms with van der Waals surface area (Å²) in [7, 11) is 0. The molecule has 2 unspecified atom stereocenters. The third-order valence-electron chi connectivity index (χ3n) is 15.5. The summed E-state index contributed by atoms with van der Waals surface area (Å²) in [6.07, 6.45) is 7.37. The molecule has 0 aromatic heterocycles. The lowest BCUT2D eigenvalue weighted by atomic mass is 9.73. The molecule has 10 nitrogen and oxygen atoms in total. The van der Waals surface area contributed by atoms with Crippen molar-refractivity contribution in [3.05, 3.63) is 96.1 Å². The molecule has 0 fully saturated rings. The van der Waals surface area contributed by atoms with Gasteiger partial charge >= 0.3 is 11.9 Å². The van der Waals surface area contributed by atoms with Crippen molar-refractivity contribution in [3.63, 3.8) is 0 Å². The summed E-state index contributed by atoms with van der Waals surface area (Å²) >= 11 is 0. The average molecular weight is 1000 g/mol. The second kappa shape index (κ2) is 27.0. The van der Waals surface area contributed by atoms with Crippen molar-refractivity contribution < 1.29 is 47.5 Å². The predicted molar refractivity (Wildman–Crippen MR) is 292 cm³/mol. The monoisotopic (exact) mass is 1000 g/mol. The Morgan fingerprint density at radius 2 is 0.764 bits per heavy atom. The van der Waals surface area contributed by atoms with Crippen LogP contribution in [0.4, 0.5) is 0 Å². The van der Waals surface area contributed by atoms with Crippen LogP contribution < -0.4 is 9.47 Å². The van der Waals surface area contributed by atoms with Gasteiger partial charge in [0.2, 0.25) is 0 Å². The van der Waals surface area contributed by atoms with Crippen molar-refractivity contribution in [2.45, 2.75) is 221 Å². The van der Waals surface area contributed by atoms with Gasteiger partial charge in [0, 0.05) is 57.8 Å². The minimum Gasteiger partial charge on any atom is -0.493 e. The van der Waals surface area contributed by atoms with Crippen LogP contribution in [-0.2, 0) is 38.0 Å². The van der Waals surface area contributed by atoms with Crippen LogP contribution in [0.2, 0.25) is 0 Å². The molecule has 0 saturated carbocycles. The van der Waals surface area contributed by atoms with Gasteiger partial charge in [0.1, 0.15) is 22.7 Å². The molecule has 3 aromatic carbocycles. The van der Waals surface area contributed by atoms with Crippen LogP contribution in [0.3, 0.4) is 0 Å². The van der Waals surface area contributed by atoms with E-state index >= 15 is 0 Å². The van der Waals surface area contributed by atoms with Gasteiger partial charge < -0.3 is 37.9 Å². The highest BCUT2D eigenvalue weighted by Gasteiger charge is 2.43. The molecule has 3 rings (SSSR count). The van der Waals surface area contributed by atoms with E-state index in [9.17, 15) is 9.59 Å². The fourth-order valence-electron chi connectivity index (χ4n) is 8.89. The molecule has 0 amide bonds. The molecule has 2 atom stereocenters. The molecule has 0 aliphatic carbocycles. The Hall–Kier alpha value is -3.96. The summed E-state index contributed by atoms with van der Waals surface area (Å²) in [6.45, 7) is 40.3. The van der Waals surface area contributed by atoms with E-state index in [2.05, 4.69) is 107 Å². The molecule has 0 N–H and O–H groups in total. The lowest BCUT2D eigenvalue weighted by Crippen LogP contribution is -2.45. The normalized spacial score (nSPS) is 14.1. The van der Waals surface area contributed by atoms with Crippen LogP contribution in [0.5, 0.6) is 11.5 Å². The lowest BCUT2D eigenvalue weighted by molar-refractivity contribution is -0.163. The van der Waals surface area contributed by atoms with E-state index in [-0.39, 0.29) is 45.8 Å². The SMILES string of the molecule is CC(=O)OC(C)(C)C(COC(C)(C)C(C)(C)CCCCOC(C)(C)CCOc1cccc(OCCC(C)(C)OCCCCC(C)(C)C(C)(C)OCC(c2ccccc2)C(C)(C)OC(C)=O)c1)c1ccccc1. The van der Waals surface area contributed by atoms with Gasteiger partial charge in [-0.3, -0.25) is 9.59 Å². The number of hydrogen-bond acceptors (Lipinski definition) is 10. The first-order valence-electron chi connectivity index (χ1n) is 26.7. The van der Waals surface area contributed by atoms with Crippen LogP contribution >= 0.6 is 0 Å². The van der Waals surface area contributed by atoms with Gasteiger partial charge in [-0.1, -0.05) is 107 Å². The first-order chi connectivity index (χ1) is 33.3. The van der Waals surface area contributed by atoms with E-state index in [1.165, 1.54) is 13.8 Å². The highest BCUT2D eigenvalue weighted by atomic mass is 16.6. The van der Waals surface area contributed by atoms with Crippen LogP contribution in [0.25, 0.3) is 0 Å². The molecule has 0 bridgehead atoms. The van der Waals surface area contributed by atoms with E-state index in [4.69, 9.17) is 37.9 Å². The van der Waals surface area contributed by atoms with Crippen molar-refractivity contribution in [1.29, 1.82) is 0 Å². The average Bonchev–Trinajstić information content (AvgIpc) is 3.25. The maximum Gasteiger partial charge on any atom is 0.303 e. The summed E-state index contributed by atoms with van der Waals surface area (Å²) in [4.78, 5) is 24.0. The molecular weight excluding hydrogens is 905 g/mol. The maximum absolute atomic E-state index is 12.0. The van der Waals surface area contributed by atoms with E-state index in [1.807, 2.05) is 88.4 Å². The molecule has 3 aromatic rings. The molecular formula is C62H98O10. The summed E-state index contributed by atoms with van der Waals surface area (Å²) in [5.41, 5.74) is -0.999. The summed E-state index contributed by atoms with van der Waals surface area (Å²) in [6, 6.07) is 28.2. The maximum atomic E-state index is 12.0. The van der Waals surface area contributed by atoms with Gasteiger partial charge in [-0.05, 0) is 143 Å². The van der Waals surface area contributed by atoms with E-state index in [1.54, 1.807) is 0 Å².